The second kappa shape index (κ2) is 7.09. The van der Waals surface area contributed by atoms with Gasteiger partial charge in [0.25, 0.3) is 5.91 Å². The molecule has 0 fully saturated rings. The summed E-state index contributed by atoms with van der Waals surface area (Å²) in [5.74, 6) is -0.819. The van der Waals surface area contributed by atoms with Gasteiger partial charge in [-0.05, 0) is 30.3 Å². The first-order valence-corrected chi connectivity index (χ1v) is 7.54. The van der Waals surface area contributed by atoms with E-state index >= 15 is 0 Å². The van der Waals surface area contributed by atoms with E-state index in [0.717, 1.165) is 17.5 Å². The van der Waals surface area contributed by atoms with Gasteiger partial charge in [0.2, 0.25) is 0 Å². The standard InChI is InChI=1S/C18H14F3NO4/c1-24-10-14-13-4-2-3-5-15(13)25-16(14)17(23)22-11-6-8-12(9-7-11)26-18(19,20)21/h2-9H,10H2,1H3,(H,22,23). The summed E-state index contributed by atoms with van der Waals surface area (Å²) in [6.45, 7) is 0.179. The number of para-hydroxylation sites is 1. The molecule has 0 atom stereocenters. The number of anilines is 1. The molecule has 3 rings (SSSR count). The summed E-state index contributed by atoms with van der Waals surface area (Å²) in [6.07, 6.45) is -4.77. The molecular formula is C18H14F3NO4. The number of nitrogens with one attached hydrogen (secondary N) is 1. The van der Waals surface area contributed by atoms with E-state index in [9.17, 15) is 18.0 Å². The number of hydrogen-bond acceptors (Lipinski definition) is 4. The molecule has 1 N–H and O–H groups in total. The van der Waals surface area contributed by atoms with Crippen LogP contribution in [0.1, 0.15) is 16.1 Å². The highest BCUT2D eigenvalue weighted by molar-refractivity contribution is 6.06. The SMILES string of the molecule is COCc1c(C(=O)Nc2ccc(OC(F)(F)F)cc2)oc2ccccc12. The van der Waals surface area contributed by atoms with Crippen LogP contribution in [0, 0.1) is 0 Å². The highest BCUT2D eigenvalue weighted by atomic mass is 19.4. The van der Waals surface area contributed by atoms with Crippen molar-refractivity contribution in [1.82, 2.24) is 0 Å². The van der Waals surface area contributed by atoms with Crippen molar-refractivity contribution in [3.05, 3.63) is 59.9 Å². The number of amides is 1. The van der Waals surface area contributed by atoms with Crippen LogP contribution < -0.4 is 10.1 Å². The Labute approximate surface area is 146 Å². The fourth-order valence-electron chi connectivity index (χ4n) is 2.50. The zero-order valence-corrected chi connectivity index (χ0v) is 13.6. The van der Waals surface area contributed by atoms with Gasteiger partial charge in [-0.2, -0.15) is 0 Å². The topological polar surface area (TPSA) is 60.7 Å². The van der Waals surface area contributed by atoms with Crippen LogP contribution in [0.4, 0.5) is 18.9 Å². The Morgan fingerprint density at radius 1 is 1.12 bits per heavy atom. The molecule has 3 aromatic rings. The molecule has 0 saturated carbocycles. The molecule has 0 spiro atoms. The molecule has 1 amide bonds. The number of carbonyl (C=O) groups is 1. The van der Waals surface area contributed by atoms with Crippen LogP contribution in [0.2, 0.25) is 0 Å². The smallest absolute Gasteiger partial charge is 0.451 e. The number of hydrogen-bond donors (Lipinski definition) is 1. The number of alkyl halides is 3. The lowest BCUT2D eigenvalue weighted by atomic mass is 10.1. The third kappa shape index (κ3) is 3.97. The fraction of sp³-hybridized carbons (Fsp3) is 0.167. The Balaban J connectivity index is 1.82. The van der Waals surface area contributed by atoms with Crippen molar-refractivity contribution >= 4 is 22.6 Å². The van der Waals surface area contributed by atoms with E-state index in [-0.39, 0.29) is 18.1 Å². The highest BCUT2D eigenvalue weighted by Crippen LogP contribution is 2.28. The third-order valence-corrected chi connectivity index (χ3v) is 3.54. The van der Waals surface area contributed by atoms with Crippen LogP contribution in [0.3, 0.4) is 0 Å². The predicted octanol–water partition coefficient (Wildman–Crippen LogP) is 4.73. The summed E-state index contributed by atoms with van der Waals surface area (Å²) in [5, 5.41) is 3.34. The van der Waals surface area contributed by atoms with Gasteiger partial charge in [-0.1, -0.05) is 18.2 Å². The van der Waals surface area contributed by atoms with E-state index < -0.39 is 12.3 Å². The molecule has 0 bridgehead atoms. The number of methoxy groups -OCH3 is 1. The minimum absolute atomic E-state index is 0.0867. The predicted molar refractivity (Wildman–Crippen MR) is 88.0 cm³/mol. The number of rotatable bonds is 5. The molecule has 0 radical (unpaired) electrons. The molecule has 8 heteroatoms. The lowest BCUT2D eigenvalue weighted by Crippen LogP contribution is -2.17. The van der Waals surface area contributed by atoms with Gasteiger partial charge >= 0.3 is 6.36 Å². The second-order valence-corrected chi connectivity index (χ2v) is 5.37. The summed E-state index contributed by atoms with van der Waals surface area (Å²) >= 11 is 0. The van der Waals surface area contributed by atoms with Crippen LogP contribution in [-0.2, 0) is 11.3 Å². The molecule has 26 heavy (non-hydrogen) atoms. The van der Waals surface area contributed by atoms with Gasteiger partial charge in [0, 0.05) is 23.7 Å². The molecular weight excluding hydrogens is 351 g/mol. The Hall–Kier alpha value is -3.00. The molecule has 0 aliphatic carbocycles. The lowest BCUT2D eigenvalue weighted by molar-refractivity contribution is -0.274. The van der Waals surface area contributed by atoms with Gasteiger partial charge in [-0.25, -0.2) is 0 Å². The Bertz CT molecular complexity index is 916. The van der Waals surface area contributed by atoms with Crippen LogP contribution >= 0.6 is 0 Å². The first-order chi connectivity index (χ1) is 12.4. The largest absolute Gasteiger partial charge is 0.573 e. The van der Waals surface area contributed by atoms with Gasteiger partial charge in [0.05, 0.1) is 6.61 Å². The molecule has 1 aromatic heterocycles. The maximum atomic E-state index is 12.5. The Morgan fingerprint density at radius 2 is 1.81 bits per heavy atom. The number of halogens is 3. The van der Waals surface area contributed by atoms with Crippen LogP contribution in [0.25, 0.3) is 11.0 Å². The third-order valence-electron chi connectivity index (χ3n) is 3.54. The Morgan fingerprint density at radius 3 is 2.46 bits per heavy atom. The zero-order chi connectivity index (χ0) is 18.7. The molecule has 0 unspecified atom stereocenters. The number of furan rings is 1. The van der Waals surface area contributed by atoms with Crippen LogP contribution in [-0.4, -0.2) is 19.4 Å². The van der Waals surface area contributed by atoms with Crippen molar-refractivity contribution in [1.29, 1.82) is 0 Å². The van der Waals surface area contributed by atoms with Crippen molar-refractivity contribution in [3.63, 3.8) is 0 Å². The molecule has 0 aliphatic heterocycles. The number of fused-ring (bicyclic) bond motifs is 1. The highest BCUT2D eigenvalue weighted by Gasteiger charge is 2.31. The first-order valence-electron chi connectivity index (χ1n) is 7.54. The number of carbonyl (C=O) groups excluding carboxylic acids is 1. The second-order valence-electron chi connectivity index (χ2n) is 5.37. The molecule has 1 heterocycles. The zero-order valence-electron chi connectivity index (χ0n) is 13.6. The van der Waals surface area contributed by atoms with E-state index in [1.807, 2.05) is 12.1 Å². The maximum absolute atomic E-state index is 12.5. The summed E-state index contributed by atoms with van der Waals surface area (Å²) in [7, 11) is 1.50. The fourth-order valence-corrected chi connectivity index (χ4v) is 2.50. The summed E-state index contributed by atoms with van der Waals surface area (Å²) in [5.41, 5.74) is 1.43. The van der Waals surface area contributed by atoms with Crippen molar-refractivity contribution in [2.24, 2.45) is 0 Å². The average Bonchev–Trinajstić information content (AvgIpc) is 2.95. The van der Waals surface area contributed by atoms with Crippen LogP contribution in [0.15, 0.2) is 52.9 Å². The Kier molecular flexibility index (Phi) is 4.85. The quantitative estimate of drug-likeness (QED) is 0.710. The normalized spacial score (nSPS) is 11.5. The van der Waals surface area contributed by atoms with Gasteiger partial charge in [0.1, 0.15) is 11.3 Å². The van der Waals surface area contributed by atoms with E-state index in [4.69, 9.17) is 9.15 Å². The average molecular weight is 365 g/mol. The van der Waals surface area contributed by atoms with Crippen molar-refractivity contribution in [2.45, 2.75) is 13.0 Å². The van der Waals surface area contributed by atoms with Crippen LogP contribution in [0.5, 0.6) is 5.75 Å². The van der Waals surface area contributed by atoms with Gasteiger partial charge in [-0.3, -0.25) is 4.79 Å². The number of benzene rings is 2. The summed E-state index contributed by atoms with van der Waals surface area (Å²) < 4.78 is 51.1. The van der Waals surface area contributed by atoms with Crippen molar-refractivity contribution in [2.75, 3.05) is 12.4 Å². The minimum Gasteiger partial charge on any atom is -0.451 e. The first kappa shape index (κ1) is 17.8. The van der Waals surface area contributed by atoms with E-state index in [1.165, 1.54) is 19.2 Å². The number of ether oxygens (including phenoxy) is 2. The van der Waals surface area contributed by atoms with Gasteiger partial charge in [0.15, 0.2) is 5.76 Å². The van der Waals surface area contributed by atoms with E-state index in [2.05, 4.69) is 10.1 Å². The van der Waals surface area contributed by atoms with E-state index in [0.29, 0.717) is 16.8 Å². The summed E-state index contributed by atoms with van der Waals surface area (Å²) in [4.78, 5) is 12.5. The molecule has 0 aliphatic rings. The molecule has 136 valence electrons. The van der Waals surface area contributed by atoms with E-state index in [1.54, 1.807) is 12.1 Å². The molecule has 0 saturated heterocycles. The minimum atomic E-state index is -4.77. The summed E-state index contributed by atoms with van der Waals surface area (Å²) in [6, 6.07) is 12.0. The molecule has 5 nitrogen and oxygen atoms in total. The van der Waals surface area contributed by atoms with Gasteiger partial charge < -0.3 is 19.2 Å². The maximum Gasteiger partial charge on any atom is 0.573 e. The van der Waals surface area contributed by atoms with Crippen molar-refractivity contribution < 1.29 is 31.9 Å². The monoisotopic (exact) mass is 365 g/mol. The van der Waals surface area contributed by atoms with Crippen molar-refractivity contribution in [3.8, 4) is 5.75 Å². The molecule has 2 aromatic carbocycles. The lowest BCUT2D eigenvalue weighted by Gasteiger charge is -2.10. The van der Waals surface area contributed by atoms with Gasteiger partial charge in [-0.15, -0.1) is 13.2 Å².